The smallest absolute Gasteiger partial charge is 0.233 e. The third-order valence-electron chi connectivity index (χ3n) is 4.20. The van der Waals surface area contributed by atoms with Crippen LogP contribution in [-0.2, 0) is 4.79 Å². The highest BCUT2D eigenvalue weighted by Gasteiger charge is 2.23. The molecule has 2 aromatic rings. The van der Waals surface area contributed by atoms with Crippen LogP contribution < -0.4 is 10.1 Å². The number of benzene rings is 1. The van der Waals surface area contributed by atoms with Gasteiger partial charge in [-0.2, -0.15) is 0 Å². The number of thioether (sulfide) groups is 1. The summed E-state index contributed by atoms with van der Waals surface area (Å²) in [7, 11) is 1.64. The third kappa shape index (κ3) is 3.90. The molecule has 0 radical (unpaired) electrons. The van der Waals surface area contributed by atoms with E-state index in [4.69, 9.17) is 4.74 Å². The van der Waals surface area contributed by atoms with Gasteiger partial charge in [0.05, 0.1) is 18.0 Å². The molecule has 0 bridgehead atoms. The normalized spacial score (nSPS) is 16.1. The predicted octanol–water partition coefficient (Wildman–Crippen LogP) is 2.82. The van der Waals surface area contributed by atoms with Crippen molar-refractivity contribution in [1.29, 1.82) is 0 Å². The average molecular weight is 346 g/mol. The summed E-state index contributed by atoms with van der Waals surface area (Å²) in [6, 6.07) is 8.00. The number of carbonyl (C=O) groups excluding carboxylic acids is 1. The van der Waals surface area contributed by atoms with Gasteiger partial charge in [0.1, 0.15) is 12.1 Å². The van der Waals surface area contributed by atoms with Crippen molar-refractivity contribution in [3.05, 3.63) is 30.6 Å². The topological polar surface area (TPSA) is 69.0 Å². The molecule has 1 fully saturated rings. The van der Waals surface area contributed by atoms with E-state index >= 15 is 0 Å². The summed E-state index contributed by atoms with van der Waals surface area (Å²) in [6.45, 7) is 1.90. The Labute approximate surface area is 146 Å². The number of ether oxygens (including phenoxy) is 1. The third-order valence-corrected chi connectivity index (χ3v) is 5.26. The van der Waals surface area contributed by atoms with Crippen molar-refractivity contribution in [2.45, 2.75) is 49.1 Å². The van der Waals surface area contributed by atoms with Crippen LogP contribution in [0.5, 0.6) is 5.75 Å². The Balaban J connectivity index is 1.69. The average Bonchev–Trinajstić information content (AvgIpc) is 3.26. The van der Waals surface area contributed by atoms with E-state index in [1.54, 1.807) is 13.4 Å². The molecule has 0 saturated heterocycles. The van der Waals surface area contributed by atoms with Crippen LogP contribution in [0.3, 0.4) is 0 Å². The molecule has 1 atom stereocenters. The van der Waals surface area contributed by atoms with E-state index in [1.165, 1.54) is 24.6 Å². The highest BCUT2D eigenvalue weighted by atomic mass is 32.2. The number of rotatable bonds is 6. The van der Waals surface area contributed by atoms with Gasteiger partial charge >= 0.3 is 0 Å². The molecule has 6 nitrogen and oxygen atoms in total. The molecule has 0 aliphatic heterocycles. The molecule has 1 aromatic heterocycles. The zero-order valence-corrected chi connectivity index (χ0v) is 14.8. The standard InChI is InChI=1S/C17H22N4O2S/c1-12(16(22)19-13-6-3-4-7-13)24-17-20-18-11-21(17)14-8-5-9-15(10-14)23-2/h5,8-13H,3-4,6-7H2,1-2H3,(H,19,22)/t12-/m1/s1. The van der Waals surface area contributed by atoms with Gasteiger partial charge in [0.2, 0.25) is 5.91 Å². The van der Waals surface area contributed by atoms with Gasteiger partial charge in [0.15, 0.2) is 5.16 Å². The molecule has 0 unspecified atom stereocenters. The van der Waals surface area contributed by atoms with Gasteiger partial charge in [0, 0.05) is 12.1 Å². The lowest BCUT2D eigenvalue weighted by molar-refractivity contribution is -0.120. The number of nitrogens with one attached hydrogen (secondary N) is 1. The molecule has 7 heteroatoms. The zero-order valence-electron chi connectivity index (χ0n) is 13.9. The maximum atomic E-state index is 12.4. The molecule has 1 aliphatic rings. The van der Waals surface area contributed by atoms with Crippen molar-refractivity contribution < 1.29 is 9.53 Å². The highest BCUT2D eigenvalue weighted by Crippen LogP contribution is 2.26. The van der Waals surface area contributed by atoms with Crippen LogP contribution >= 0.6 is 11.8 Å². The first kappa shape index (κ1) is 16.8. The van der Waals surface area contributed by atoms with Crippen molar-refractivity contribution in [3.8, 4) is 11.4 Å². The summed E-state index contributed by atoms with van der Waals surface area (Å²) in [6.07, 6.45) is 6.23. The Morgan fingerprint density at radius 1 is 1.42 bits per heavy atom. The van der Waals surface area contributed by atoms with Crippen molar-refractivity contribution in [2.24, 2.45) is 0 Å². The van der Waals surface area contributed by atoms with E-state index < -0.39 is 0 Å². The summed E-state index contributed by atoms with van der Waals surface area (Å²) < 4.78 is 7.13. The lowest BCUT2D eigenvalue weighted by atomic mass is 10.2. The number of hydrogen-bond acceptors (Lipinski definition) is 5. The number of aromatic nitrogens is 3. The second-order valence-corrected chi connectivity index (χ2v) is 7.24. The summed E-state index contributed by atoms with van der Waals surface area (Å²) in [5, 5.41) is 11.7. The molecule has 0 spiro atoms. The lowest BCUT2D eigenvalue weighted by Gasteiger charge is -2.16. The fourth-order valence-corrected chi connectivity index (χ4v) is 3.69. The van der Waals surface area contributed by atoms with E-state index in [-0.39, 0.29) is 11.2 Å². The van der Waals surface area contributed by atoms with E-state index in [0.717, 1.165) is 24.3 Å². The maximum Gasteiger partial charge on any atom is 0.233 e. The molecule has 1 N–H and O–H groups in total. The fraction of sp³-hybridized carbons (Fsp3) is 0.471. The molecular weight excluding hydrogens is 324 g/mol. The minimum atomic E-state index is -0.223. The SMILES string of the molecule is COc1cccc(-n2cnnc2S[C@H](C)C(=O)NC2CCCC2)c1. The minimum absolute atomic E-state index is 0.0621. The quantitative estimate of drug-likeness (QED) is 0.815. The van der Waals surface area contributed by atoms with E-state index in [9.17, 15) is 4.79 Å². The van der Waals surface area contributed by atoms with Gasteiger partial charge in [0.25, 0.3) is 0 Å². The Kier molecular flexibility index (Phi) is 5.40. The molecule has 3 rings (SSSR count). The first-order chi connectivity index (χ1) is 11.7. The second kappa shape index (κ2) is 7.70. The second-order valence-electron chi connectivity index (χ2n) is 5.94. The van der Waals surface area contributed by atoms with E-state index in [2.05, 4.69) is 15.5 Å². The first-order valence-corrected chi connectivity index (χ1v) is 9.07. The summed E-state index contributed by atoms with van der Waals surface area (Å²) in [4.78, 5) is 12.4. The van der Waals surface area contributed by atoms with Crippen molar-refractivity contribution in [3.63, 3.8) is 0 Å². The number of amides is 1. The van der Waals surface area contributed by atoms with Crippen molar-refractivity contribution >= 4 is 17.7 Å². The van der Waals surface area contributed by atoms with Crippen LogP contribution in [0.1, 0.15) is 32.6 Å². The van der Waals surface area contributed by atoms with Gasteiger partial charge in [-0.1, -0.05) is 30.7 Å². The molecule has 1 aliphatic carbocycles. The molecule has 1 amide bonds. The highest BCUT2D eigenvalue weighted by molar-refractivity contribution is 8.00. The Hall–Kier alpha value is -2.02. The Morgan fingerprint density at radius 3 is 2.96 bits per heavy atom. The van der Waals surface area contributed by atoms with E-state index in [1.807, 2.05) is 35.8 Å². The van der Waals surface area contributed by atoms with E-state index in [0.29, 0.717) is 11.2 Å². The van der Waals surface area contributed by atoms with Crippen LogP contribution in [0.25, 0.3) is 5.69 Å². The minimum Gasteiger partial charge on any atom is -0.497 e. The summed E-state index contributed by atoms with van der Waals surface area (Å²) in [5.74, 6) is 0.830. The number of nitrogens with zero attached hydrogens (tertiary/aromatic N) is 3. The monoisotopic (exact) mass is 346 g/mol. The van der Waals surface area contributed by atoms with Gasteiger partial charge in [-0.25, -0.2) is 0 Å². The van der Waals surface area contributed by atoms with Crippen LogP contribution in [0, 0.1) is 0 Å². The molecule has 1 aromatic carbocycles. The molecule has 24 heavy (non-hydrogen) atoms. The number of hydrogen-bond donors (Lipinski definition) is 1. The van der Waals surface area contributed by atoms with Gasteiger partial charge in [-0.05, 0) is 31.9 Å². The Morgan fingerprint density at radius 2 is 2.21 bits per heavy atom. The first-order valence-electron chi connectivity index (χ1n) is 8.19. The van der Waals surface area contributed by atoms with Gasteiger partial charge in [-0.15, -0.1) is 10.2 Å². The zero-order chi connectivity index (χ0) is 16.9. The fourth-order valence-electron chi connectivity index (χ4n) is 2.84. The molecule has 128 valence electrons. The van der Waals surface area contributed by atoms with Crippen molar-refractivity contribution in [1.82, 2.24) is 20.1 Å². The molecular formula is C17H22N4O2S. The van der Waals surface area contributed by atoms with Gasteiger partial charge < -0.3 is 10.1 Å². The maximum absolute atomic E-state index is 12.4. The summed E-state index contributed by atoms with van der Waals surface area (Å²) in [5.41, 5.74) is 0.908. The van der Waals surface area contributed by atoms with Crippen LogP contribution in [0.4, 0.5) is 0 Å². The molecule has 1 heterocycles. The predicted molar refractivity (Wildman–Crippen MR) is 93.6 cm³/mol. The largest absolute Gasteiger partial charge is 0.497 e. The van der Waals surface area contributed by atoms with Crippen LogP contribution in [0.15, 0.2) is 35.7 Å². The van der Waals surface area contributed by atoms with Gasteiger partial charge in [-0.3, -0.25) is 9.36 Å². The number of methoxy groups -OCH3 is 1. The number of carbonyl (C=O) groups is 1. The summed E-state index contributed by atoms with van der Waals surface area (Å²) >= 11 is 1.41. The Bertz CT molecular complexity index is 697. The van der Waals surface area contributed by atoms with Crippen LogP contribution in [0.2, 0.25) is 0 Å². The molecule has 1 saturated carbocycles. The van der Waals surface area contributed by atoms with Crippen LogP contribution in [-0.4, -0.2) is 39.1 Å². The van der Waals surface area contributed by atoms with Crippen molar-refractivity contribution in [2.75, 3.05) is 7.11 Å². The lowest BCUT2D eigenvalue weighted by Crippen LogP contribution is -2.37.